The van der Waals surface area contributed by atoms with Crippen LogP contribution < -0.4 is 0 Å². The molecule has 0 aromatic rings. The summed E-state index contributed by atoms with van der Waals surface area (Å²) in [5.74, 6) is -0.158. The number of unbranched alkanes of at least 4 members (excludes halogenated alkanes) is 3. The average molecular weight is 198 g/mol. The number of esters is 1. The Morgan fingerprint density at radius 1 is 1.21 bits per heavy atom. The molecular weight excluding hydrogens is 176 g/mol. The van der Waals surface area contributed by atoms with Crippen molar-refractivity contribution in [1.29, 1.82) is 0 Å². The molecule has 0 bridgehead atoms. The summed E-state index contributed by atoms with van der Waals surface area (Å²) in [6.07, 6.45) is 8.36. The molecular formula is C12H22O2. The number of hydrogen-bond donors (Lipinski definition) is 0. The fourth-order valence-electron chi connectivity index (χ4n) is 1.27. The molecule has 0 rings (SSSR count). The van der Waals surface area contributed by atoms with Gasteiger partial charge in [-0.1, -0.05) is 39.2 Å². The lowest BCUT2D eigenvalue weighted by atomic mass is 10.1. The molecule has 14 heavy (non-hydrogen) atoms. The van der Waals surface area contributed by atoms with E-state index in [1.165, 1.54) is 13.5 Å². The Morgan fingerprint density at radius 3 is 2.36 bits per heavy atom. The lowest BCUT2D eigenvalue weighted by Gasteiger charge is -2.04. The number of rotatable bonds is 7. The van der Waals surface area contributed by atoms with E-state index in [0.717, 1.165) is 37.7 Å². The third kappa shape index (κ3) is 5.79. The third-order valence-electron chi connectivity index (χ3n) is 2.20. The predicted molar refractivity (Wildman–Crippen MR) is 59.1 cm³/mol. The van der Waals surface area contributed by atoms with Crippen LogP contribution in [0.5, 0.6) is 0 Å². The third-order valence-corrected chi connectivity index (χ3v) is 2.20. The minimum Gasteiger partial charge on any atom is -0.466 e. The van der Waals surface area contributed by atoms with Crippen molar-refractivity contribution in [2.75, 3.05) is 7.11 Å². The van der Waals surface area contributed by atoms with Crippen LogP contribution in [0.2, 0.25) is 0 Å². The zero-order chi connectivity index (χ0) is 10.8. The fraction of sp³-hybridized carbons (Fsp3) is 0.750. The number of allylic oxidation sites excluding steroid dienone is 1. The van der Waals surface area contributed by atoms with E-state index in [0.29, 0.717) is 0 Å². The highest BCUT2D eigenvalue weighted by Crippen LogP contribution is 2.11. The molecule has 2 heteroatoms. The average Bonchev–Trinajstić information content (AvgIpc) is 2.22. The molecule has 2 nitrogen and oxygen atoms in total. The number of carbonyl (C=O) groups excluding carboxylic acids is 1. The summed E-state index contributed by atoms with van der Waals surface area (Å²) in [6.45, 7) is 4.28. The van der Waals surface area contributed by atoms with Gasteiger partial charge in [-0.2, -0.15) is 0 Å². The van der Waals surface area contributed by atoms with Crippen molar-refractivity contribution in [3.63, 3.8) is 0 Å². The predicted octanol–water partition coefficient (Wildman–Crippen LogP) is 3.47. The highest BCUT2D eigenvalue weighted by atomic mass is 16.5. The van der Waals surface area contributed by atoms with Crippen LogP contribution in [0.15, 0.2) is 11.6 Å². The van der Waals surface area contributed by atoms with E-state index in [2.05, 4.69) is 13.8 Å². The summed E-state index contributed by atoms with van der Waals surface area (Å²) < 4.78 is 4.73. The maximum atomic E-state index is 11.3. The van der Waals surface area contributed by atoms with Gasteiger partial charge in [0.25, 0.3) is 0 Å². The summed E-state index contributed by atoms with van der Waals surface area (Å²) in [5, 5.41) is 0. The summed E-state index contributed by atoms with van der Waals surface area (Å²) in [6, 6.07) is 0. The van der Waals surface area contributed by atoms with E-state index < -0.39 is 0 Å². The SMILES string of the molecule is CCCC/C=C(\CCCC)C(=O)OC. The Bertz CT molecular complexity index is 183. The first-order chi connectivity index (χ1) is 6.76. The molecule has 0 aromatic heterocycles. The molecule has 0 radical (unpaired) electrons. The molecule has 0 aliphatic rings. The molecule has 0 aliphatic carbocycles. The van der Waals surface area contributed by atoms with Gasteiger partial charge in [-0.3, -0.25) is 0 Å². The molecule has 0 saturated heterocycles. The van der Waals surface area contributed by atoms with Gasteiger partial charge >= 0.3 is 5.97 Å². The summed E-state index contributed by atoms with van der Waals surface area (Å²) >= 11 is 0. The molecule has 0 spiro atoms. The summed E-state index contributed by atoms with van der Waals surface area (Å²) in [4.78, 5) is 11.3. The van der Waals surface area contributed by atoms with E-state index in [-0.39, 0.29) is 5.97 Å². The van der Waals surface area contributed by atoms with Crippen LogP contribution in [0.1, 0.15) is 52.4 Å². The van der Waals surface area contributed by atoms with Gasteiger partial charge in [0.05, 0.1) is 7.11 Å². The van der Waals surface area contributed by atoms with E-state index in [1.54, 1.807) is 0 Å². The van der Waals surface area contributed by atoms with Gasteiger partial charge in [0.1, 0.15) is 0 Å². The van der Waals surface area contributed by atoms with Gasteiger partial charge < -0.3 is 4.74 Å². The quantitative estimate of drug-likeness (QED) is 0.356. The van der Waals surface area contributed by atoms with Crippen LogP contribution in [0, 0.1) is 0 Å². The van der Waals surface area contributed by atoms with Crippen LogP contribution in [0.3, 0.4) is 0 Å². The molecule has 0 N–H and O–H groups in total. The van der Waals surface area contributed by atoms with Crippen molar-refractivity contribution in [2.45, 2.75) is 52.4 Å². The van der Waals surface area contributed by atoms with Crippen molar-refractivity contribution in [3.8, 4) is 0 Å². The largest absolute Gasteiger partial charge is 0.466 e. The molecule has 0 aromatic carbocycles. The maximum Gasteiger partial charge on any atom is 0.333 e. The van der Waals surface area contributed by atoms with Gasteiger partial charge in [0.2, 0.25) is 0 Å². The van der Waals surface area contributed by atoms with E-state index in [9.17, 15) is 4.79 Å². The normalized spacial score (nSPS) is 11.5. The monoisotopic (exact) mass is 198 g/mol. The minimum atomic E-state index is -0.158. The lowest BCUT2D eigenvalue weighted by Crippen LogP contribution is -2.04. The van der Waals surface area contributed by atoms with Crippen molar-refractivity contribution >= 4 is 5.97 Å². The molecule has 0 fully saturated rings. The van der Waals surface area contributed by atoms with E-state index in [1.807, 2.05) is 6.08 Å². The Labute approximate surface area is 87.3 Å². The Kier molecular flexibility index (Phi) is 8.30. The summed E-state index contributed by atoms with van der Waals surface area (Å²) in [5.41, 5.74) is 0.850. The van der Waals surface area contributed by atoms with Crippen LogP contribution in [0.25, 0.3) is 0 Å². The van der Waals surface area contributed by atoms with Crippen LogP contribution in [-0.2, 0) is 9.53 Å². The van der Waals surface area contributed by atoms with Gasteiger partial charge in [0.15, 0.2) is 0 Å². The van der Waals surface area contributed by atoms with Crippen LogP contribution >= 0.6 is 0 Å². The number of ether oxygens (including phenoxy) is 1. The molecule has 82 valence electrons. The maximum absolute atomic E-state index is 11.3. The van der Waals surface area contributed by atoms with Gasteiger partial charge in [-0.15, -0.1) is 0 Å². The van der Waals surface area contributed by atoms with Crippen LogP contribution in [-0.4, -0.2) is 13.1 Å². The second-order valence-corrected chi connectivity index (χ2v) is 3.47. The number of carbonyl (C=O) groups is 1. The second-order valence-electron chi connectivity index (χ2n) is 3.47. The van der Waals surface area contributed by atoms with E-state index in [4.69, 9.17) is 4.74 Å². The first-order valence-corrected chi connectivity index (χ1v) is 5.53. The standard InChI is InChI=1S/C12H22O2/c1-4-6-8-10-11(9-7-5-2)12(13)14-3/h10H,4-9H2,1-3H3/b11-10+. The van der Waals surface area contributed by atoms with Gasteiger partial charge in [0, 0.05) is 5.57 Å². The molecule has 0 saturated carbocycles. The first kappa shape index (κ1) is 13.2. The van der Waals surface area contributed by atoms with Gasteiger partial charge in [-0.25, -0.2) is 4.79 Å². The zero-order valence-corrected chi connectivity index (χ0v) is 9.64. The molecule has 0 unspecified atom stereocenters. The molecule has 0 amide bonds. The smallest absolute Gasteiger partial charge is 0.333 e. The molecule has 0 heterocycles. The Balaban J connectivity index is 4.08. The Hall–Kier alpha value is -0.790. The number of hydrogen-bond acceptors (Lipinski definition) is 2. The lowest BCUT2D eigenvalue weighted by molar-refractivity contribution is -0.136. The van der Waals surface area contributed by atoms with Crippen molar-refractivity contribution in [1.82, 2.24) is 0 Å². The van der Waals surface area contributed by atoms with Crippen LogP contribution in [0.4, 0.5) is 0 Å². The molecule has 0 atom stereocenters. The van der Waals surface area contributed by atoms with Crippen molar-refractivity contribution < 1.29 is 9.53 Å². The molecule has 0 aliphatic heterocycles. The Morgan fingerprint density at radius 2 is 1.86 bits per heavy atom. The van der Waals surface area contributed by atoms with Crippen molar-refractivity contribution in [3.05, 3.63) is 11.6 Å². The van der Waals surface area contributed by atoms with Crippen molar-refractivity contribution in [2.24, 2.45) is 0 Å². The van der Waals surface area contributed by atoms with E-state index >= 15 is 0 Å². The topological polar surface area (TPSA) is 26.3 Å². The first-order valence-electron chi connectivity index (χ1n) is 5.53. The highest BCUT2D eigenvalue weighted by Gasteiger charge is 2.07. The zero-order valence-electron chi connectivity index (χ0n) is 9.64. The second kappa shape index (κ2) is 8.79. The van der Waals surface area contributed by atoms with Gasteiger partial charge in [-0.05, 0) is 19.3 Å². The minimum absolute atomic E-state index is 0.158. The fourth-order valence-corrected chi connectivity index (χ4v) is 1.27. The highest BCUT2D eigenvalue weighted by molar-refractivity contribution is 5.88. The number of methoxy groups -OCH3 is 1. The summed E-state index contributed by atoms with van der Waals surface area (Å²) in [7, 11) is 1.45.